The van der Waals surface area contributed by atoms with E-state index in [9.17, 15) is 0 Å². The van der Waals surface area contributed by atoms with Gasteiger partial charge in [-0.15, -0.1) is 0 Å². The van der Waals surface area contributed by atoms with E-state index in [1.807, 2.05) is 6.20 Å². The van der Waals surface area contributed by atoms with Crippen LogP contribution in [0.1, 0.15) is 19.0 Å². The zero-order valence-corrected chi connectivity index (χ0v) is 11.4. The molecule has 0 saturated heterocycles. The van der Waals surface area contributed by atoms with Crippen LogP contribution in [0.3, 0.4) is 0 Å². The van der Waals surface area contributed by atoms with Crippen LogP contribution in [0, 0.1) is 5.92 Å². The number of imidazole rings is 1. The molecule has 0 N–H and O–H groups in total. The second-order valence-corrected chi connectivity index (χ2v) is 5.75. The van der Waals surface area contributed by atoms with E-state index >= 15 is 0 Å². The third-order valence-electron chi connectivity index (χ3n) is 3.44. The summed E-state index contributed by atoms with van der Waals surface area (Å²) in [5.74, 6) is 1.90. The molecule has 3 heteroatoms. The summed E-state index contributed by atoms with van der Waals surface area (Å²) in [6, 6.07) is 8.39. The van der Waals surface area contributed by atoms with E-state index in [1.54, 1.807) is 0 Å². The largest absolute Gasteiger partial charge is 0.328 e. The van der Waals surface area contributed by atoms with Gasteiger partial charge in [0, 0.05) is 28.5 Å². The molecule has 2 aromatic rings. The van der Waals surface area contributed by atoms with E-state index in [1.165, 1.54) is 17.7 Å². The normalized spacial score (nSPS) is 19.1. The Labute approximate surface area is 110 Å². The van der Waals surface area contributed by atoms with Crippen molar-refractivity contribution in [1.29, 1.82) is 0 Å². The molecular formula is C14H15BrN2. The van der Waals surface area contributed by atoms with Crippen molar-refractivity contribution in [2.24, 2.45) is 5.92 Å². The van der Waals surface area contributed by atoms with Crippen LogP contribution in [0.5, 0.6) is 0 Å². The number of benzene rings is 1. The highest BCUT2D eigenvalue weighted by molar-refractivity contribution is 9.10. The van der Waals surface area contributed by atoms with Crippen molar-refractivity contribution >= 4 is 15.9 Å². The molecule has 3 rings (SSSR count). The molecule has 0 radical (unpaired) electrons. The van der Waals surface area contributed by atoms with E-state index in [4.69, 9.17) is 0 Å². The lowest BCUT2D eigenvalue weighted by atomic mass is 9.98. The fourth-order valence-corrected chi connectivity index (χ4v) is 2.73. The molecule has 1 atom stereocenters. The molecule has 1 unspecified atom stereocenters. The molecule has 1 aromatic carbocycles. The maximum absolute atomic E-state index is 4.58. The Bertz CT molecular complexity index is 528. The summed E-state index contributed by atoms with van der Waals surface area (Å²) < 4.78 is 3.48. The van der Waals surface area contributed by atoms with Gasteiger partial charge in [-0.2, -0.15) is 0 Å². The molecule has 1 aliphatic heterocycles. The summed E-state index contributed by atoms with van der Waals surface area (Å²) in [7, 11) is 0. The van der Waals surface area contributed by atoms with Gasteiger partial charge in [-0.05, 0) is 30.9 Å². The third kappa shape index (κ3) is 2.04. The Morgan fingerprint density at radius 3 is 2.82 bits per heavy atom. The van der Waals surface area contributed by atoms with Crippen LogP contribution in [0.15, 0.2) is 34.9 Å². The predicted octanol–water partition coefficient (Wildman–Crippen LogP) is 3.89. The van der Waals surface area contributed by atoms with Crippen molar-refractivity contribution in [3.05, 3.63) is 40.6 Å². The number of nitrogens with zero attached hydrogens (tertiary/aromatic N) is 2. The van der Waals surface area contributed by atoms with Crippen LogP contribution in [0.4, 0.5) is 0 Å². The number of hydrogen-bond donors (Lipinski definition) is 0. The van der Waals surface area contributed by atoms with Crippen molar-refractivity contribution in [1.82, 2.24) is 9.55 Å². The molecule has 17 heavy (non-hydrogen) atoms. The number of halogens is 1. The highest BCUT2D eigenvalue weighted by atomic mass is 79.9. The smallest absolute Gasteiger partial charge is 0.140 e. The number of aromatic nitrogens is 2. The van der Waals surface area contributed by atoms with Crippen LogP contribution in [-0.4, -0.2) is 9.55 Å². The molecule has 2 nitrogen and oxygen atoms in total. The second kappa shape index (κ2) is 4.30. The van der Waals surface area contributed by atoms with Crippen LogP contribution in [0.2, 0.25) is 0 Å². The Balaban J connectivity index is 2.02. The van der Waals surface area contributed by atoms with Gasteiger partial charge in [0.1, 0.15) is 5.82 Å². The molecule has 1 aliphatic rings. The lowest BCUT2D eigenvalue weighted by Crippen LogP contribution is -2.17. The number of rotatable bonds is 1. The van der Waals surface area contributed by atoms with Gasteiger partial charge in [0.05, 0.1) is 0 Å². The number of fused-ring (bicyclic) bond motifs is 1. The van der Waals surface area contributed by atoms with Gasteiger partial charge in [0.2, 0.25) is 0 Å². The quantitative estimate of drug-likeness (QED) is 0.779. The molecule has 0 aliphatic carbocycles. The van der Waals surface area contributed by atoms with Gasteiger partial charge in [0.25, 0.3) is 0 Å². The average molecular weight is 291 g/mol. The van der Waals surface area contributed by atoms with Crippen molar-refractivity contribution in [2.75, 3.05) is 0 Å². The van der Waals surface area contributed by atoms with E-state index in [0.29, 0.717) is 0 Å². The van der Waals surface area contributed by atoms with E-state index in [2.05, 4.69) is 56.7 Å². The van der Waals surface area contributed by atoms with Crippen molar-refractivity contribution < 1.29 is 0 Å². The second-order valence-electron chi connectivity index (χ2n) is 4.83. The summed E-state index contributed by atoms with van der Waals surface area (Å²) in [6.45, 7) is 3.41. The molecule has 0 saturated carbocycles. The summed E-state index contributed by atoms with van der Waals surface area (Å²) in [5, 5.41) is 0. The molecule has 0 amide bonds. The SMILES string of the molecule is CC1CCn2c(cnc2-c2ccc(Br)cc2)C1. The molecule has 1 aromatic heterocycles. The monoisotopic (exact) mass is 290 g/mol. The van der Waals surface area contributed by atoms with Crippen LogP contribution in [0.25, 0.3) is 11.4 Å². The summed E-state index contributed by atoms with van der Waals surface area (Å²) in [4.78, 5) is 4.58. The van der Waals surface area contributed by atoms with E-state index in [-0.39, 0.29) is 0 Å². The highest BCUT2D eigenvalue weighted by Crippen LogP contribution is 2.27. The lowest BCUT2D eigenvalue weighted by Gasteiger charge is -2.21. The first kappa shape index (κ1) is 11.0. The average Bonchev–Trinajstić information content (AvgIpc) is 2.73. The maximum Gasteiger partial charge on any atom is 0.140 e. The fraction of sp³-hybridized carbons (Fsp3) is 0.357. The van der Waals surface area contributed by atoms with E-state index in [0.717, 1.165) is 29.2 Å². The fourth-order valence-electron chi connectivity index (χ4n) is 2.46. The van der Waals surface area contributed by atoms with Gasteiger partial charge in [-0.1, -0.05) is 35.0 Å². The van der Waals surface area contributed by atoms with Crippen LogP contribution in [-0.2, 0) is 13.0 Å². The van der Waals surface area contributed by atoms with Gasteiger partial charge >= 0.3 is 0 Å². The minimum absolute atomic E-state index is 0.789. The summed E-state index contributed by atoms with van der Waals surface area (Å²) in [6.07, 6.45) is 4.45. The molecule has 0 fully saturated rings. The van der Waals surface area contributed by atoms with Gasteiger partial charge in [-0.3, -0.25) is 0 Å². The molecule has 2 heterocycles. The Hall–Kier alpha value is -1.09. The first-order valence-electron chi connectivity index (χ1n) is 6.04. The highest BCUT2D eigenvalue weighted by Gasteiger charge is 2.18. The first-order chi connectivity index (χ1) is 8.24. The van der Waals surface area contributed by atoms with Gasteiger partial charge in [-0.25, -0.2) is 4.98 Å². The Kier molecular flexibility index (Phi) is 2.79. The third-order valence-corrected chi connectivity index (χ3v) is 3.97. The first-order valence-corrected chi connectivity index (χ1v) is 6.83. The molecule has 88 valence electrons. The summed E-state index contributed by atoms with van der Waals surface area (Å²) in [5.41, 5.74) is 2.58. The van der Waals surface area contributed by atoms with Crippen molar-refractivity contribution in [3.8, 4) is 11.4 Å². The predicted molar refractivity (Wildman–Crippen MR) is 72.8 cm³/mol. The van der Waals surface area contributed by atoms with Crippen LogP contribution < -0.4 is 0 Å². The standard InChI is InChI=1S/C14H15BrN2/c1-10-6-7-17-13(8-10)9-16-14(17)11-2-4-12(15)5-3-11/h2-5,9-10H,6-8H2,1H3. The molecular weight excluding hydrogens is 276 g/mol. The number of hydrogen-bond acceptors (Lipinski definition) is 1. The van der Waals surface area contributed by atoms with Gasteiger partial charge in [0.15, 0.2) is 0 Å². The minimum atomic E-state index is 0.789. The maximum atomic E-state index is 4.58. The minimum Gasteiger partial charge on any atom is -0.328 e. The zero-order valence-electron chi connectivity index (χ0n) is 9.86. The van der Waals surface area contributed by atoms with E-state index < -0.39 is 0 Å². The van der Waals surface area contributed by atoms with Crippen molar-refractivity contribution in [2.45, 2.75) is 26.3 Å². The summed E-state index contributed by atoms with van der Waals surface area (Å²) >= 11 is 3.46. The van der Waals surface area contributed by atoms with Gasteiger partial charge < -0.3 is 4.57 Å². The molecule has 0 bridgehead atoms. The van der Waals surface area contributed by atoms with Crippen molar-refractivity contribution in [3.63, 3.8) is 0 Å². The topological polar surface area (TPSA) is 17.8 Å². The Morgan fingerprint density at radius 2 is 2.06 bits per heavy atom. The Morgan fingerprint density at radius 1 is 1.29 bits per heavy atom. The lowest BCUT2D eigenvalue weighted by molar-refractivity contribution is 0.419. The van der Waals surface area contributed by atoms with Crippen LogP contribution >= 0.6 is 15.9 Å². The zero-order chi connectivity index (χ0) is 11.8. The molecule has 0 spiro atoms.